The molecule has 4 rings (SSSR count). The smallest absolute Gasteiger partial charge is 0.350 e. The number of Topliss-reactive ketones (excluding diaryl/α,β-unsaturated/α-hetero) is 1. The van der Waals surface area contributed by atoms with Gasteiger partial charge < -0.3 is 9.84 Å². The standard InChI is InChI=1S/C23H19N3O5S/c1-12-4-6-14(7-5-12)17-16(18(27)15-8-10-24-11-9-15)19(28)21(29)26(17)23-25-13(2)20(32-23)22(30)31-3/h4-11,17,27H,1-3H3. The van der Waals surface area contributed by atoms with E-state index >= 15 is 0 Å². The topological polar surface area (TPSA) is 110 Å². The second-order valence-corrected chi connectivity index (χ2v) is 8.20. The average Bonchev–Trinajstić information content (AvgIpc) is 3.31. The van der Waals surface area contributed by atoms with E-state index in [4.69, 9.17) is 4.74 Å². The Morgan fingerprint density at radius 1 is 1.09 bits per heavy atom. The molecule has 0 aliphatic carbocycles. The maximum Gasteiger partial charge on any atom is 0.350 e. The number of hydrogen-bond acceptors (Lipinski definition) is 8. The van der Waals surface area contributed by atoms with Gasteiger partial charge in [-0.1, -0.05) is 41.2 Å². The minimum Gasteiger partial charge on any atom is -0.507 e. The molecule has 0 radical (unpaired) electrons. The third kappa shape index (κ3) is 3.56. The van der Waals surface area contributed by atoms with Crippen molar-refractivity contribution in [1.82, 2.24) is 9.97 Å². The summed E-state index contributed by atoms with van der Waals surface area (Å²) in [6, 6.07) is 9.49. The molecule has 1 aromatic carbocycles. The first-order valence-corrected chi connectivity index (χ1v) is 10.5. The molecule has 1 aliphatic rings. The van der Waals surface area contributed by atoms with E-state index in [1.165, 1.54) is 24.4 Å². The van der Waals surface area contributed by atoms with Crippen molar-refractivity contribution in [2.45, 2.75) is 19.9 Å². The number of carbonyl (C=O) groups is 3. The summed E-state index contributed by atoms with van der Waals surface area (Å²) in [6.45, 7) is 3.55. The van der Waals surface area contributed by atoms with Crippen molar-refractivity contribution in [3.8, 4) is 0 Å². The van der Waals surface area contributed by atoms with E-state index in [1.807, 2.05) is 19.1 Å². The van der Waals surface area contributed by atoms with Gasteiger partial charge in [0.1, 0.15) is 10.6 Å². The van der Waals surface area contributed by atoms with Crippen LogP contribution in [-0.4, -0.2) is 39.8 Å². The zero-order valence-electron chi connectivity index (χ0n) is 17.5. The molecule has 2 aromatic heterocycles. The summed E-state index contributed by atoms with van der Waals surface area (Å²) in [5.41, 5.74) is 2.31. The maximum atomic E-state index is 13.1. The number of hydrogen-bond donors (Lipinski definition) is 1. The molecule has 8 nitrogen and oxygen atoms in total. The molecule has 0 spiro atoms. The van der Waals surface area contributed by atoms with Gasteiger partial charge in [-0.25, -0.2) is 9.78 Å². The van der Waals surface area contributed by atoms with E-state index in [0.29, 0.717) is 16.8 Å². The lowest BCUT2D eigenvalue weighted by Crippen LogP contribution is -2.29. The summed E-state index contributed by atoms with van der Waals surface area (Å²) in [4.78, 5) is 48.1. The van der Waals surface area contributed by atoms with E-state index in [1.54, 1.807) is 31.2 Å². The Labute approximate surface area is 187 Å². The van der Waals surface area contributed by atoms with Gasteiger partial charge in [0.25, 0.3) is 5.78 Å². The lowest BCUT2D eigenvalue weighted by Gasteiger charge is -2.23. The Morgan fingerprint density at radius 3 is 2.38 bits per heavy atom. The van der Waals surface area contributed by atoms with Gasteiger partial charge in [-0.2, -0.15) is 0 Å². The van der Waals surface area contributed by atoms with Gasteiger partial charge in [-0.15, -0.1) is 0 Å². The molecule has 3 heterocycles. The van der Waals surface area contributed by atoms with Crippen LogP contribution in [0.2, 0.25) is 0 Å². The predicted molar refractivity (Wildman–Crippen MR) is 118 cm³/mol. The number of benzene rings is 1. The number of carbonyl (C=O) groups excluding carboxylic acids is 3. The molecule has 1 atom stereocenters. The minimum atomic E-state index is -0.917. The highest BCUT2D eigenvalue weighted by Gasteiger charge is 2.48. The monoisotopic (exact) mass is 449 g/mol. The molecular formula is C23H19N3O5S. The van der Waals surface area contributed by atoms with E-state index in [9.17, 15) is 19.5 Å². The molecule has 0 saturated carbocycles. The molecule has 9 heteroatoms. The molecule has 32 heavy (non-hydrogen) atoms. The highest BCUT2D eigenvalue weighted by atomic mass is 32.1. The average molecular weight is 449 g/mol. The van der Waals surface area contributed by atoms with Gasteiger partial charge in [-0.3, -0.25) is 19.5 Å². The molecule has 0 bridgehead atoms. The van der Waals surface area contributed by atoms with Crippen LogP contribution in [0.5, 0.6) is 0 Å². The number of amides is 1. The Bertz CT molecular complexity index is 1250. The number of pyridine rings is 1. The Kier molecular flexibility index (Phi) is 5.58. The number of aliphatic hydroxyl groups excluding tert-OH is 1. The van der Waals surface area contributed by atoms with Crippen molar-refractivity contribution in [1.29, 1.82) is 0 Å². The summed E-state index contributed by atoms with van der Waals surface area (Å²) in [5, 5.41) is 11.2. The van der Waals surface area contributed by atoms with Gasteiger partial charge in [0.2, 0.25) is 0 Å². The van der Waals surface area contributed by atoms with Gasteiger partial charge in [0.05, 0.1) is 24.4 Å². The van der Waals surface area contributed by atoms with Crippen molar-refractivity contribution in [2.24, 2.45) is 0 Å². The van der Waals surface area contributed by atoms with Crippen LogP contribution in [0.1, 0.15) is 38.1 Å². The number of ether oxygens (including phenoxy) is 1. The number of aliphatic hydroxyl groups is 1. The molecule has 1 unspecified atom stereocenters. The summed E-state index contributed by atoms with van der Waals surface area (Å²) < 4.78 is 4.79. The van der Waals surface area contributed by atoms with Gasteiger partial charge in [0, 0.05) is 18.0 Å². The van der Waals surface area contributed by atoms with Gasteiger partial charge in [-0.05, 0) is 31.5 Å². The van der Waals surface area contributed by atoms with Crippen LogP contribution in [0, 0.1) is 13.8 Å². The normalized spacial score (nSPS) is 17.6. The lowest BCUT2D eigenvalue weighted by atomic mass is 9.95. The van der Waals surface area contributed by atoms with Crippen LogP contribution in [0.3, 0.4) is 0 Å². The lowest BCUT2D eigenvalue weighted by molar-refractivity contribution is -0.132. The minimum absolute atomic E-state index is 0.0578. The van der Waals surface area contributed by atoms with Crippen LogP contribution in [0.25, 0.3) is 5.76 Å². The molecule has 1 saturated heterocycles. The Morgan fingerprint density at radius 2 is 1.75 bits per heavy atom. The van der Waals surface area contributed by atoms with Crippen LogP contribution >= 0.6 is 11.3 Å². The molecule has 162 valence electrons. The fourth-order valence-corrected chi connectivity index (χ4v) is 4.54. The zero-order chi connectivity index (χ0) is 23.0. The highest BCUT2D eigenvalue weighted by molar-refractivity contribution is 7.17. The highest BCUT2D eigenvalue weighted by Crippen LogP contribution is 2.43. The van der Waals surface area contributed by atoms with Gasteiger partial charge >= 0.3 is 11.9 Å². The number of anilines is 1. The third-order valence-corrected chi connectivity index (χ3v) is 6.29. The zero-order valence-corrected chi connectivity index (χ0v) is 18.3. The molecule has 1 fully saturated rings. The van der Waals surface area contributed by atoms with Crippen molar-refractivity contribution < 1.29 is 24.2 Å². The predicted octanol–water partition coefficient (Wildman–Crippen LogP) is 3.57. The Hall–Kier alpha value is -3.85. The second kappa shape index (κ2) is 8.35. The number of methoxy groups -OCH3 is 1. The maximum absolute atomic E-state index is 13.1. The first-order valence-electron chi connectivity index (χ1n) is 9.67. The second-order valence-electron chi connectivity index (χ2n) is 7.22. The van der Waals surface area contributed by atoms with Crippen molar-refractivity contribution >= 4 is 39.9 Å². The Balaban J connectivity index is 1.93. The first kappa shape index (κ1) is 21.4. The molecule has 1 aliphatic heterocycles. The number of aromatic nitrogens is 2. The number of thiazole rings is 1. The van der Waals surface area contributed by atoms with E-state index in [2.05, 4.69) is 9.97 Å². The van der Waals surface area contributed by atoms with Crippen LogP contribution in [0.15, 0.2) is 54.4 Å². The number of rotatable bonds is 4. The largest absolute Gasteiger partial charge is 0.507 e. The summed E-state index contributed by atoms with van der Waals surface area (Å²) >= 11 is 0.959. The summed E-state index contributed by atoms with van der Waals surface area (Å²) in [7, 11) is 1.26. The summed E-state index contributed by atoms with van der Waals surface area (Å²) in [6.07, 6.45) is 2.97. The van der Waals surface area contributed by atoms with Crippen LogP contribution < -0.4 is 4.90 Å². The fraction of sp³-hybridized carbons (Fsp3) is 0.174. The van der Waals surface area contributed by atoms with E-state index in [-0.39, 0.29) is 21.3 Å². The molecular weight excluding hydrogens is 430 g/mol. The van der Waals surface area contributed by atoms with E-state index in [0.717, 1.165) is 16.9 Å². The quantitative estimate of drug-likeness (QED) is 0.281. The SMILES string of the molecule is COC(=O)c1sc(N2C(=O)C(=O)C(=C(O)c3ccncc3)C2c2ccc(C)cc2)nc1C. The van der Waals surface area contributed by atoms with Crippen molar-refractivity contribution in [2.75, 3.05) is 12.0 Å². The third-order valence-electron chi connectivity index (χ3n) is 5.15. The first-order chi connectivity index (χ1) is 15.3. The molecule has 3 aromatic rings. The van der Waals surface area contributed by atoms with Crippen molar-refractivity contribution in [3.05, 3.63) is 81.6 Å². The van der Waals surface area contributed by atoms with Crippen LogP contribution in [0.4, 0.5) is 5.13 Å². The van der Waals surface area contributed by atoms with Gasteiger partial charge in [0.15, 0.2) is 5.13 Å². The summed E-state index contributed by atoms with van der Waals surface area (Å²) in [5.74, 6) is -2.56. The number of ketones is 1. The van der Waals surface area contributed by atoms with Crippen molar-refractivity contribution in [3.63, 3.8) is 0 Å². The van der Waals surface area contributed by atoms with E-state index < -0.39 is 23.7 Å². The molecule has 1 amide bonds. The molecule has 1 N–H and O–H groups in total. The number of nitrogens with zero attached hydrogens (tertiary/aromatic N) is 3. The number of esters is 1. The number of aryl methyl sites for hydroxylation is 2. The fourth-order valence-electron chi connectivity index (χ4n) is 3.53. The van der Waals surface area contributed by atoms with Crippen LogP contribution in [-0.2, 0) is 14.3 Å².